The molecule has 21 heavy (non-hydrogen) atoms. The molecule has 2 heterocycles. The predicted molar refractivity (Wildman–Crippen MR) is 71.4 cm³/mol. The third kappa shape index (κ3) is 2.61. The summed E-state index contributed by atoms with van der Waals surface area (Å²) in [5.74, 6) is -1.65. The van der Waals surface area contributed by atoms with Gasteiger partial charge in [0.2, 0.25) is 11.8 Å². The Bertz CT molecular complexity index is 540. The van der Waals surface area contributed by atoms with Crippen molar-refractivity contribution in [1.82, 2.24) is 14.9 Å². The molecule has 114 valence electrons. The lowest BCUT2D eigenvalue weighted by atomic mass is 10.0. The molecule has 0 aromatic carbocycles. The van der Waals surface area contributed by atoms with Crippen LogP contribution in [0.1, 0.15) is 23.7 Å². The monoisotopic (exact) mass is 295 g/mol. The number of hydrogen-bond donors (Lipinski definition) is 1. The van der Waals surface area contributed by atoms with E-state index in [4.69, 9.17) is 14.6 Å². The number of amides is 1. The van der Waals surface area contributed by atoms with Crippen molar-refractivity contribution in [3.05, 3.63) is 11.9 Å². The lowest BCUT2D eigenvalue weighted by molar-refractivity contribution is -0.142. The Morgan fingerprint density at radius 1 is 1.29 bits per heavy atom. The molecule has 1 aliphatic heterocycles. The van der Waals surface area contributed by atoms with Gasteiger partial charge < -0.3 is 19.5 Å². The molecule has 1 amide bonds. The van der Waals surface area contributed by atoms with Crippen LogP contribution in [0.4, 0.5) is 0 Å². The van der Waals surface area contributed by atoms with Crippen LogP contribution >= 0.6 is 0 Å². The van der Waals surface area contributed by atoms with E-state index in [9.17, 15) is 9.59 Å². The van der Waals surface area contributed by atoms with Gasteiger partial charge in [-0.1, -0.05) is 0 Å². The van der Waals surface area contributed by atoms with Gasteiger partial charge in [-0.15, -0.1) is 0 Å². The van der Waals surface area contributed by atoms with Crippen molar-refractivity contribution in [2.24, 2.45) is 5.92 Å². The van der Waals surface area contributed by atoms with Crippen LogP contribution < -0.4 is 9.47 Å². The smallest absolute Gasteiger partial charge is 0.308 e. The van der Waals surface area contributed by atoms with E-state index in [-0.39, 0.29) is 23.2 Å². The number of methoxy groups -OCH3 is 2. The Balaban J connectivity index is 2.35. The van der Waals surface area contributed by atoms with E-state index in [0.29, 0.717) is 13.0 Å². The topological polar surface area (TPSA) is 102 Å². The summed E-state index contributed by atoms with van der Waals surface area (Å²) in [5, 5.41) is 9.14. The Labute approximate surface area is 121 Å². The van der Waals surface area contributed by atoms with Crippen molar-refractivity contribution in [2.45, 2.75) is 19.4 Å². The number of carbonyl (C=O) groups excluding carboxylic acids is 1. The molecular weight excluding hydrogens is 278 g/mol. The molecule has 1 saturated heterocycles. The molecule has 8 nitrogen and oxygen atoms in total. The number of likely N-dealkylation sites (tertiary alicyclic amines) is 1. The summed E-state index contributed by atoms with van der Waals surface area (Å²) in [7, 11) is 2.79. The first-order valence-electron chi connectivity index (χ1n) is 6.48. The minimum absolute atomic E-state index is 0.109. The number of ether oxygens (including phenoxy) is 2. The maximum atomic E-state index is 12.7. The first-order chi connectivity index (χ1) is 10.0. The lowest BCUT2D eigenvalue weighted by Gasteiger charge is -2.24. The molecule has 0 spiro atoms. The van der Waals surface area contributed by atoms with Crippen LogP contribution in [0.5, 0.6) is 11.8 Å². The Morgan fingerprint density at radius 3 is 2.29 bits per heavy atom. The van der Waals surface area contributed by atoms with Crippen LogP contribution in [0.3, 0.4) is 0 Å². The van der Waals surface area contributed by atoms with Gasteiger partial charge in [0, 0.05) is 12.6 Å². The largest absolute Gasteiger partial charge is 0.481 e. The van der Waals surface area contributed by atoms with Gasteiger partial charge in [0.1, 0.15) is 6.33 Å². The molecule has 0 saturated carbocycles. The third-order valence-corrected chi connectivity index (χ3v) is 3.71. The molecule has 1 aliphatic rings. The van der Waals surface area contributed by atoms with Crippen molar-refractivity contribution in [3.8, 4) is 11.8 Å². The highest BCUT2D eigenvalue weighted by molar-refractivity contribution is 5.99. The second-order valence-corrected chi connectivity index (χ2v) is 4.74. The van der Waals surface area contributed by atoms with Crippen molar-refractivity contribution >= 4 is 11.9 Å². The van der Waals surface area contributed by atoms with Gasteiger partial charge in [-0.3, -0.25) is 9.59 Å². The number of hydrogen-bond acceptors (Lipinski definition) is 6. The van der Waals surface area contributed by atoms with Gasteiger partial charge in [0.15, 0.2) is 5.56 Å². The van der Waals surface area contributed by atoms with Gasteiger partial charge >= 0.3 is 5.97 Å². The third-order valence-electron chi connectivity index (χ3n) is 3.71. The molecule has 2 unspecified atom stereocenters. The zero-order valence-electron chi connectivity index (χ0n) is 12.1. The van der Waals surface area contributed by atoms with Gasteiger partial charge in [-0.05, 0) is 13.3 Å². The number of aliphatic carboxylic acids is 1. The average Bonchev–Trinajstić information content (AvgIpc) is 2.87. The standard InChI is InChI=1S/C13H17N3O5/c1-7-8(13(18)19)4-5-16(7)12(17)9-10(20-2)14-6-15-11(9)21-3/h6-8H,4-5H2,1-3H3,(H,18,19). The molecular formula is C13H17N3O5. The normalized spacial score (nSPS) is 21.2. The second-order valence-electron chi connectivity index (χ2n) is 4.74. The van der Waals surface area contributed by atoms with Gasteiger partial charge in [-0.2, -0.15) is 0 Å². The molecule has 1 fully saturated rings. The Morgan fingerprint density at radius 2 is 1.86 bits per heavy atom. The first-order valence-corrected chi connectivity index (χ1v) is 6.48. The lowest BCUT2D eigenvalue weighted by Crippen LogP contribution is -2.38. The first kappa shape index (κ1) is 15.0. The summed E-state index contributed by atoms with van der Waals surface area (Å²) in [5.41, 5.74) is 0.111. The molecule has 2 rings (SSSR count). The molecule has 1 aromatic rings. The van der Waals surface area contributed by atoms with Gasteiger partial charge in [0.05, 0.1) is 20.1 Å². The van der Waals surface area contributed by atoms with Gasteiger partial charge in [-0.25, -0.2) is 9.97 Å². The molecule has 1 aromatic heterocycles. The average molecular weight is 295 g/mol. The SMILES string of the molecule is COc1ncnc(OC)c1C(=O)N1CCC(C(=O)O)C1C. The maximum Gasteiger partial charge on any atom is 0.308 e. The van der Waals surface area contributed by atoms with Crippen molar-refractivity contribution in [3.63, 3.8) is 0 Å². The van der Waals surface area contributed by atoms with E-state index in [1.165, 1.54) is 25.4 Å². The van der Waals surface area contributed by atoms with E-state index < -0.39 is 17.9 Å². The van der Waals surface area contributed by atoms with Crippen LogP contribution in [0.25, 0.3) is 0 Å². The number of rotatable bonds is 4. The highest BCUT2D eigenvalue weighted by atomic mass is 16.5. The van der Waals surface area contributed by atoms with Crippen LogP contribution in [-0.2, 0) is 4.79 Å². The molecule has 0 radical (unpaired) electrons. The minimum Gasteiger partial charge on any atom is -0.481 e. The highest BCUT2D eigenvalue weighted by Gasteiger charge is 2.40. The Hall–Kier alpha value is -2.38. The zero-order valence-corrected chi connectivity index (χ0v) is 12.1. The van der Waals surface area contributed by atoms with Gasteiger partial charge in [0.25, 0.3) is 5.91 Å². The summed E-state index contributed by atoms with van der Waals surface area (Å²) < 4.78 is 10.2. The van der Waals surface area contributed by atoms with E-state index >= 15 is 0 Å². The zero-order chi connectivity index (χ0) is 15.6. The predicted octanol–water partition coefficient (Wildman–Crippen LogP) is 0.429. The number of aromatic nitrogens is 2. The van der Waals surface area contributed by atoms with Crippen LogP contribution in [0.15, 0.2) is 6.33 Å². The minimum atomic E-state index is -0.902. The fraction of sp³-hybridized carbons (Fsp3) is 0.538. The number of carboxylic acids is 1. The molecule has 0 aliphatic carbocycles. The molecule has 0 bridgehead atoms. The van der Waals surface area contributed by atoms with Crippen LogP contribution in [0, 0.1) is 5.92 Å². The number of carbonyl (C=O) groups is 2. The fourth-order valence-electron chi connectivity index (χ4n) is 2.55. The summed E-state index contributed by atoms with van der Waals surface area (Å²) in [4.78, 5) is 33.1. The quantitative estimate of drug-likeness (QED) is 0.859. The summed E-state index contributed by atoms with van der Waals surface area (Å²) in [6, 6.07) is -0.412. The number of nitrogens with zero attached hydrogens (tertiary/aromatic N) is 3. The van der Waals surface area contributed by atoms with Crippen LogP contribution in [0.2, 0.25) is 0 Å². The van der Waals surface area contributed by atoms with E-state index in [1.807, 2.05) is 0 Å². The van der Waals surface area contributed by atoms with Crippen molar-refractivity contribution in [1.29, 1.82) is 0 Å². The van der Waals surface area contributed by atoms with Crippen molar-refractivity contribution < 1.29 is 24.2 Å². The van der Waals surface area contributed by atoms with E-state index in [0.717, 1.165) is 0 Å². The highest BCUT2D eigenvalue weighted by Crippen LogP contribution is 2.31. The Kier molecular flexibility index (Phi) is 4.25. The summed E-state index contributed by atoms with van der Waals surface area (Å²) >= 11 is 0. The molecule has 2 atom stereocenters. The van der Waals surface area contributed by atoms with E-state index in [2.05, 4.69) is 9.97 Å². The molecule has 1 N–H and O–H groups in total. The van der Waals surface area contributed by atoms with Crippen molar-refractivity contribution in [2.75, 3.05) is 20.8 Å². The maximum absolute atomic E-state index is 12.7. The molecule has 8 heteroatoms. The summed E-state index contributed by atoms with van der Waals surface area (Å²) in [6.45, 7) is 2.07. The number of carboxylic acid groups (broad SMARTS) is 1. The van der Waals surface area contributed by atoms with E-state index in [1.54, 1.807) is 6.92 Å². The summed E-state index contributed by atoms with van der Waals surface area (Å²) in [6.07, 6.45) is 1.66. The van der Waals surface area contributed by atoms with Crippen LogP contribution in [-0.4, -0.2) is 58.7 Å². The second kappa shape index (κ2) is 5.94. The fourth-order valence-corrected chi connectivity index (χ4v) is 2.55.